The highest BCUT2D eigenvalue weighted by Crippen LogP contribution is 2.72. The molecule has 3 fully saturated rings. The number of hydrogen-bond donors (Lipinski definition) is 1. The molecule has 144 valence electrons. The topological polar surface area (TPSA) is 23.5 Å². The van der Waals surface area contributed by atoms with Crippen LogP contribution in [0.2, 0.25) is 0 Å². The molecule has 0 aromatic heterocycles. The maximum Gasteiger partial charge on any atom is 0.0578 e. The van der Waals surface area contributed by atoms with Crippen molar-refractivity contribution < 1.29 is 5.11 Å². The van der Waals surface area contributed by atoms with E-state index in [2.05, 4.69) is 76.3 Å². The summed E-state index contributed by atoms with van der Waals surface area (Å²) in [6, 6.07) is 18.9. The molecule has 0 radical (unpaired) electrons. The summed E-state index contributed by atoms with van der Waals surface area (Å²) in [5, 5.41) is 9.81. The molecular formula is C25H26BrNO. The van der Waals surface area contributed by atoms with Gasteiger partial charge in [-0.05, 0) is 84.4 Å². The van der Waals surface area contributed by atoms with Crippen molar-refractivity contribution in [2.45, 2.75) is 56.7 Å². The Kier molecular flexibility index (Phi) is 3.62. The average Bonchev–Trinajstić information content (AvgIpc) is 2.99. The molecule has 2 unspecified atom stereocenters. The lowest BCUT2D eigenvalue weighted by Gasteiger charge is -2.76. The summed E-state index contributed by atoms with van der Waals surface area (Å²) in [5.74, 6) is 0. The van der Waals surface area contributed by atoms with Gasteiger partial charge in [-0.2, -0.15) is 0 Å². The Morgan fingerprint density at radius 3 is 2.50 bits per heavy atom. The van der Waals surface area contributed by atoms with Gasteiger partial charge in [0.1, 0.15) is 0 Å². The van der Waals surface area contributed by atoms with Crippen LogP contribution in [-0.4, -0.2) is 28.2 Å². The minimum absolute atomic E-state index is 0.233. The lowest BCUT2D eigenvalue weighted by Crippen LogP contribution is -2.77. The zero-order valence-electron chi connectivity index (χ0n) is 16.3. The number of hydrogen-bond acceptors (Lipinski definition) is 2. The second-order valence-electron chi connectivity index (χ2n) is 9.67. The lowest BCUT2D eigenvalue weighted by atomic mass is 9.38. The van der Waals surface area contributed by atoms with Gasteiger partial charge in [0.05, 0.1) is 6.04 Å². The van der Waals surface area contributed by atoms with Crippen LogP contribution in [0.1, 0.15) is 55.3 Å². The first-order chi connectivity index (χ1) is 13.5. The minimum Gasteiger partial charge on any atom is -0.396 e. The first-order valence-corrected chi connectivity index (χ1v) is 11.3. The average molecular weight is 436 g/mol. The molecule has 2 nitrogen and oxygen atoms in total. The molecule has 3 heteroatoms. The molecule has 0 saturated heterocycles. The Balaban J connectivity index is 1.47. The first-order valence-electron chi connectivity index (χ1n) is 10.5. The van der Waals surface area contributed by atoms with E-state index in [1.807, 2.05) is 0 Å². The second kappa shape index (κ2) is 5.81. The minimum atomic E-state index is 0.233. The Morgan fingerprint density at radius 1 is 1.07 bits per heavy atom. The Bertz CT molecular complexity index is 972. The van der Waals surface area contributed by atoms with E-state index in [0.29, 0.717) is 24.2 Å². The molecule has 2 bridgehead atoms. The van der Waals surface area contributed by atoms with E-state index < -0.39 is 0 Å². The number of fused-ring (bicyclic) bond motifs is 2. The third-order valence-corrected chi connectivity index (χ3v) is 8.40. The summed E-state index contributed by atoms with van der Waals surface area (Å²) in [5.41, 5.74) is 8.13. The predicted octanol–water partition coefficient (Wildman–Crippen LogP) is 5.51. The van der Waals surface area contributed by atoms with Crippen LogP contribution in [0.15, 0.2) is 58.6 Å². The molecule has 1 aliphatic heterocycles. The third-order valence-electron chi connectivity index (χ3n) is 7.87. The molecule has 4 aliphatic carbocycles. The van der Waals surface area contributed by atoms with Gasteiger partial charge in [0, 0.05) is 22.7 Å². The van der Waals surface area contributed by atoms with Crippen LogP contribution in [0.5, 0.6) is 0 Å². The van der Waals surface area contributed by atoms with Crippen molar-refractivity contribution in [2.75, 3.05) is 6.61 Å². The summed E-state index contributed by atoms with van der Waals surface area (Å²) >= 11 is 3.61. The van der Waals surface area contributed by atoms with E-state index in [1.165, 1.54) is 36.0 Å². The van der Waals surface area contributed by atoms with Crippen molar-refractivity contribution in [2.24, 2.45) is 5.41 Å². The number of halogens is 1. The van der Waals surface area contributed by atoms with E-state index in [0.717, 1.165) is 17.3 Å². The van der Waals surface area contributed by atoms with Gasteiger partial charge in [-0.3, -0.25) is 4.90 Å². The highest BCUT2D eigenvalue weighted by atomic mass is 79.9. The molecule has 2 atom stereocenters. The molecular weight excluding hydrogens is 410 g/mol. The van der Waals surface area contributed by atoms with Crippen molar-refractivity contribution in [3.05, 3.63) is 75.3 Å². The molecule has 0 amide bonds. The van der Waals surface area contributed by atoms with Gasteiger partial charge in [-0.25, -0.2) is 0 Å². The van der Waals surface area contributed by atoms with Crippen molar-refractivity contribution in [3.63, 3.8) is 0 Å². The van der Waals surface area contributed by atoms with Gasteiger partial charge < -0.3 is 5.11 Å². The van der Waals surface area contributed by atoms with Crippen molar-refractivity contribution in [3.8, 4) is 0 Å². The summed E-state index contributed by atoms with van der Waals surface area (Å²) in [6.07, 6.45) is 5.74. The molecule has 28 heavy (non-hydrogen) atoms. The summed E-state index contributed by atoms with van der Waals surface area (Å²) < 4.78 is 1.14. The predicted molar refractivity (Wildman–Crippen MR) is 116 cm³/mol. The summed E-state index contributed by atoms with van der Waals surface area (Å²) in [4.78, 5) is 2.85. The highest BCUT2D eigenvalue weighted by molar-refractivity contribution is 9.10. The molecule has 2 aromatic carbocycles. The van der Waals surface area contributed by atoms with E-state index in [4.69, 9.17) is 0 Å². The zero-order valence-corrected chi connectivity index (χ0v) is 17.9. The van der Waals surface area contributed by atoms with E-state index in [9.17, 15) is 5.11 Å². The molecule has 1 N–H and O–H groups in total. The van der Waals surface area contributed by atoms with Crippen molar-refractivity contribution in [1.82, 2.24) is 4.90 Å². The van der Waals surface area contributed by atoms with E-state index >= 15 is 0 Å². The standard InChI is InChI=1S/C25H26BrNO/c1-16-10-21-20-5-3-2-4-18(20)11-22(21)23(17-6-8-19(26)9-7-17)27(16)25-12-24(13-25,14-25)15-28/h2-9,16,23,28H,10-15H2,1H3. The number of aliphatic hydroxyl groups is 1. The number of aliphatic hydroxyl groups excluding tert-OH is 1. The highest BCUT2D eigenvalue weighted by Gasteiger charge is 2.71. The number of rotatable bonds is 3. The smallest absolute Gasteiger partial charge is 0.0578 e. The maximum atomic E-state index is 9.81. The third kappa shape index (κ3) is 2.21. The van der Waals surface area contributed by atoms with Gasteiger partial charge in [0.2, 0.25) is 0 Å². The van der Waals surface area contributed by atoms with Crippen LogP contribution in [-0.2, 0) is 6.42 Å². The lowest BCUT2D eigenvalue weighted by molar-refractivity contribution is -0.253. The monoisotopic (exact) mass is 435 g/mol. The second-order valence-corrected chi connectivity index (χ2v) is 10.6. The molecule has 3 saturated carbocycles. The first kappa shape index (κ1) is 17.4. The van der Waals surface area contributed by atoms with Crippen molar-refractivity contribution >= 4 is 21.5 Å². The fourth-order valence-corrected chi connectivity index (χ4v) is 7.17. The van der Waals surface area contributed by atoms with Crippen LogP contribution in [0.3, 0.4) is 0 Å². The fraction of sp³-hybridized carbons (Fsp3) is 0.440. The molecule has 1 heterocycles. The molecule has 0 spiro atoms. The van der Waals surface area contributed by atoms with Crippen LogP contribution < -0.4 is 0 Å². The van der Waals surface area contributed by atoms with Crippen LogP contribution >= 0.6 is 15.9 Å². The Labute approximate surface area is 175 Å². The van der Waals surface area contributed by atoms with E-state index in [1.54, 1.807) is 11.1 Å². The van der Waals surface area contributed by atoms with Gasteiger partial charge in [0.15, 0.2) is 0 Å². The fourth-order valence-electron chi connectivity index (χ4n) is 6.90. The molecule has 2 aromatic rings. The zero-order chi connectivity index (χ0) is 19.1. The Hall–Kier alpha value is -1.42. The maximum absolute atomic E-state index is 9.81. The van der Waals surface area contributed by atoms with Gasteiger partial charge in [0.25, 0.3) is 0 Å². The van der Waals surface area contributed by atoms with Crippen LogP contribution in [0.4, 0.5) is 0 Å². The number of benzene rings is 2. The molecule has 5 aliphatic rings. The van der Waals surface area contributed by atoms with Gasteiger partial charge in [-0.1, -0.05) is 52.3 Å². The largest absolute Gasteiger partial charge is 0.396 e. The Morgan fingerprint density at radius 2 is 1.79 bits per heavy atom. The van der Waals surface area contributed by atoms with E-state index in [-0.39, 0.29) is 5.41 Å². The van der Waals surface area contributed by atoms with Crippen LogP contribution in [0, 0.1) is 5.41 Å². The van der Waals surface area contributed by atoms with Gasteiger partial charge >= 0.3 is 0 Å². The van der Waals surface area contributed by atoms with Crippen molar-refractivity contribution in [1.29, 1.82) is 0 Å². The normalized spacial score (nSPS) is 35.8. The van der Waals surface area contributed by atoms with Gasteiger partial charge in [-0.15, -0.1) is 0 Å². The van der Waals surface area contributed by atoms with Crippen LogP contribution in [0.25, 0.3) is 5.57 Å². The summed E-state index contributed by atoms with van der Waals surface area (Å²) in [7, 11) is 0. The molecule has 7 rings (SSSR count). The SMILES string of the molecule is CC1CC2=C(Cc3ccccc32)C(c2ccc(Br)cc2)N1C12CC(CO)(C1)C2. The number of nitrogens with zero attached hydrogens (tertiary/aromatic N) is 1. The quantitative estimate of drug-likeness (QED) is 0.686. The summed E-state index contributed by atoms with van der Waals surface area (Å²) in [6.45, 7) is 2.78.